The predicted molar refractivity (Wildman–Crippen MR) is 106 cm³/mol. The summed E-state index contributed by atoms with van der Waals surface area (Å²) < 4.78 is 7.04. The Morgan fingerprint density at radius 3 is 2.64 bits per heavy atom. The van der Waals surface area contributed by atoms with Crippen LogP contribution in [0.2, 0.25) is 0 Å². The van der Waals surface area contributed by atoms with E-state index in [9.17, 15) is 9.59 Å². The van der Waals surface area contributed by atoms with E-state index in [1.54, 1.807) is 7.11 Å². The van der Waals surface area contributed by atoms with E-state index in [2.05, 4.69) is 17.0 Å². The average Bonchev–Trinajstić information content (AvgIpc) is 3.26. The maximum atomic E-state index is 13.2. The summed E-state index contributed by atoms with van der Waals surface area (Å²) in [5, 5.41) is 0. The first-order chi connectivity index (χ1) is 13.6. The summed E-state index contributed by atoms with van der Waals surface area (Å²) in [4.78, 5) is 29.9. The van der Waals surface area contributed by atoms with Crippen molar-refractivity contribution in [1.82, 2.24) is 14.4 Å². The summed E-state index contributed by atoms with van der Waals surface area (Å²) in [6, 6.07) is 4.21. The van der Waals surface area contributed by atoms with E-state index in [1.165, 1.54) is 19.3 Å². The van der Waals surface area contributed by atoms with Crippen LogP contribution in [0.3, 0.4) is 0 Å². The van der Waals surface area contributed by atoms with E-state index in [1.807, 2.05) is 9.47 Å². The molecule has 28 heavy (non-hydrogen) atoms. The summed E-state index contributed by atoms with van der Waals surface area (Å²) in [6.45, 7) is 5.43. The van der Waals surface area contributed by atoms with Gasteiger partial charge in [0, 0.05) is 63.6 Å². The van der Waals surface area contributed by atoms with Gasteiger partial charge in [-0.1, -0.05) is 12.5 Å². The van der Waals surface area contributed by atoms with Crippen molar-refractivity contribution in [2.75, 3.05) is 39.9 Å². The molecule has 6 heteroatoms. The van der Waals surface area contributed by atoms with Crippen LogP contribution in [-0.4, -0.2) is 60.2 Å². The molecule has 1 amide bonds. The van der Waals surface area contributed by atoms with Crippen LogP contribution in [0.15, 0.2) is 16.9 Å². The van der Waals surface area contributed by atoms with Crippen molar-refractivity contribution in [3.63, 3.8) is 0 Å². The van der Waals surface area contributed by atoms with Crippen molar-refractivity contribution in [2.45, 2.75) is 44.7 Å². The molecular weight excluding hydrogens is 354 g/mol. The van der Waals surface area contributed by atoms with Gasteiger partial charge < -0.3 is 14.2 Å². The minimum Gasteiger partial charge on any atom is -0.375 e. The number of piperidine rings is 1. The summed E-state index contributed by atoms with van der Waals surface area (Å²) in [5.74, 6) is 2.40. The number of amides is 1. The van der Waals surface area contributed by atoms with Gasteiger partial charge in [-0.2, -0.15) is 0 Å². The third-order valence-electron chi connectivity index (χ3n) is 7.50. The molecule has 1 aromatic heterocycles. The maximum Gasteiger partial charge on any atom is 0.255 e. The number of nitrogens with zero attached hydrogens (tertiary/aromatic N) is 3. The molecule has 0 spiro atoms. The average molecular weight is 386 g/mol. The standard InChI is InChI=1S/C22H31N3O3/c1-28-14-21(26)24-8-15-7-19(13-24)20-6-5-18(22(27)25(20)9-15)12-23-10-16-3-2-4-17(16)11-23/h5-6,15-17,19H,2-4,7-14H2,1H3/t15-,16-,17+,19+/m0/s1. The zero-order chi connectivity index (χ0) is 19.3. The highest BCUT2D eigenvalue weighted by molar-refractivity contribution is 5.77. The number of aromatic nitrogens is 1. The van der Waals surface area contributed by atoms with Crippen LogP contribution in [0.1, 0.15) is 42.9 Å². The molecule has 0 aromatic carbocycles. The molecule has 3 fully saturated rings. The fraction of sp³-hybridized carbons (Fsp3) is 0.727. The normalized spacial score (nSPS) is 31.7. The van der Waals surface area contributed by atoms with Crippen molar-refractivity contribution in [3.8, 4) is 0 Å². The summed E-state index contributed by atoms with van der Waals surface area (Å²) in [5.41, 5.74) is 2.25. The molecule has 0 N–H and O–H groups in total. The van der Waals surface area contributed by atoms with Crippen molar-refractivity contribution in [2.24, 2.45) is 17.8 Å². The lowest BCUT2D eigenvalue weighted by Crippen LogP contribution is -2.50. The molecule has 1 saturated carbocycles. The number of likely N-dealkylation sites (tertiary alicyclic amines) is 2. The van der Waals surface area contributed by atoms with E-state index in [0.29, 0.717) is 12.5 Å². The molecule has 1 aliphatic carbocycles. The molecule has 3 aliphatic heterocycles. The Kier molecular flexibility index (Phi) is 4.79. The van der Waals surface area contributed by atoms with Gasteiger partial charge in [-0.05, 0) is 43.1 Å². The number of carbonyl (C=O) groups is 1. The largest absolute Gasteiger partial charge is 0.375 e. The molecular formula is C22H31N3O3. The zero-order valence-corrected chi connectivity index (χ0v) is 16.8. The molecule has 0 radical (unpaired) electrons. The monoisotopic (exact) mass is 385 g/mol. The van der Waals surface area contributed by atoms with Gasteiger partial charge in [0.2, 0.25) is 5.91 Å². The second-order valence-electron chi connectivity index (χ2n) is 9.37. The number of hydrogen-bond donors (Lipinski definition) is 0. The highest BCUT2D eigenvalue weighted by Gasteiger charge is 2.38. The SMILES string of the molecule is COCC(=O)N1C[C@@H]2C[C@H](C1)c1ccc(CN3C[C@H]4CCC[C@H]4C3)c(=O)n1C2. The number of hydrogen-bond acceptors (Lipinski definition) is 4. The molecule has 1 aromatic rings. The second kappa shape index (κ2) is 7.30. The highest BCUT2D eigenvalue weighted by Crippen LogP contribution is 2.38. The zero-order valence-electron chi connectivity index (χ0n) is 16.8. The molecule has 2 bridgehead atoms. The highest BCUT2D eigenvalue weighted by atomic mass is 16.5. The van der Waals surface area contributed by atoms with Crippen molar-refractivity contribution in [1.29, 1.82) is 0 Å². The van der Waals surface area contributed by atoms with E-state index in [4.69, 9.17) is 4.74 Å². The summed E-state index contributed by atoms with van der Waals surface area (Å²) >= 11 is 0. The number of carbonyl (C=O) groups excluding carboxylic acids is 1. The maximum absolute atomic E-state index is 13.2. The fourth-order valence-electron chi connectivity index (χ4n) is 6.23. The van der Waals surface area contributed by atoms with Crippen LogP contribution in [0.4, 0.5) is 0 Å². The topological polar surface area (TPSA) is 54.8 Å². The van der Waals surface area contributed by atoms with Gasteiger partial charge in [0.1, 0.15) is 6.61 Å². The Hall–Kier alpha value is -1.66. The molecule has 4 atom stereocenters. The van der Waals surface area contributed by atoms with E-state index >= 15 is 0 Å². The summed E-state index contributed by atoms with van der Waals surface area (Å²) in [7, 11) is 1.56. The Labute approximate surface area is 166 Å². The van der Waals surface area contributed by atoms with Crippen LogP contribution in [0, 0.1) is 17.8 Å². The molecule has 152 valence electrons. The first-order valence-corrected chi connectivity index (χ1v) is 10.8. The lowest BCUT2D eigenvalue weighted by Gasteiger charge is -2.43. The number of pyridine rings is 1. The van der Waals surface area contributed by atoms with Gasteiger partial charge in [0.05, 0.1) is 0 Å². The fourth-order valence-corrected chi connectivity index (χ4v) is 6.23. The molecule has 0 unspecified atom stereocenters. The number of ether oxygens (including phenoxy) is 1. The Bertz CT molecular complexity index is 808. The molecule has 5 rings (SSSR count). The number of methoxy groups -OCH3 is 1. The minimum absolute atomic E-state index is 0.0594. The third-order valence-corrected chi connectivity index (χ3v) is 7.50. The second-order valence-corrected chi connectivity index (χ2v) is 9.37. The van der Waals surface area contributed by atoms with Crippen molar-refractivity contribution < 1.29 is 9.53 Å². The van der Waals surface area contributed by atoms with E-state index in [0.717, 1.165) is 62.2 Å². The van der Waals surface area contributed by atoms with Crippen molar-refractivity contribution in [3.05, 3.63) is 33.7 Å². The first kappa shape index (κ1) is 18.4. The predicted octanol–water partition coefficient (Wildman–Crippen LogP) is 1.67. The van der Waals surface area contributed by atoms with Crippen LogP contribution in [0.25, 0.3) is 0 Å². The van der Waals surface area contributed by atoms with Crippen LogP contribution >= 0.6 is 0 Å². The summed E-state index contributed by atoms with van der Waals surface area (Å²) in [6.07, 6.45) is 5.19. The molecule has 2 saturated heterocycles. The third kappa shape index (κ3) is 3.20. The Morgan fingerprint density at radius 2 is 1.89 bits per heavy atom. The lowest BCUT2D eigenvalue weighted by molar-refractivity contribution is -0.137. The lowest BCUT2D eigenvalue weighted by atomic mass is 9.83. The quantitative estimate of drug-likeness (QED) is 0.791. The van der Waals surface area contributed by atoms with Crippen LogP contribution < -0.4 is 5.56 Å². The molecule has 6 nitrogen and oxygen atoms in total. The Balaban J connectivity index is 1.34. The van der Waals surface area contributed by atoms with Gasteiger partial charge in [-0.15, -0.1) is 0 Å². The van der Waals surface area contributed by atoms with Crippen LogP contribution in [-0.2, 0) is 22.6 Å². The van der Waals surface area contributed by atoms with E-state index in [-0.39, 0.29) is 24.0 Å². The van der Waals surface area contributed by atoms with Crippen molar-refractivity contribution >= 4 is 5.91 Å². The van der Waals surface area contributed by atoms with E-state index < -0.39 is 0 Å². The Morgan fingerprint density at radius 1 is 1.11 bits per heavy atom. The molecule has 4 heterocycles. The van der Waals surface area contributed by atoms with Gasteiger partial charge >= 0.3 is 0 Å². The van der Waals surface area contributed by atoms with Gasteiger partial charge in [0.15, 0.2) is 0 Å². The molecule has 4 aliphatic rings. The van der Waals surface area contributed by atoms with Gasteiger partial charge in [0.25, 0.3) is 5.56 Å². The van der Waals surface area contributed by atoms with Gasteiger partial charge in [-0.3, -0.25) is 14.5 Å². The number of rotatable bonds is 4. The number of fused-ring (bicyclic) bond motifs is 5. The minimum atomic E-state index is 0.0594. The van der Waals surface area contributed by atoms with Crippen LogP contribution in [0.5, 0.6) is 0 Å². The smallest absolute Gasteiger partial charge is 0.255 e. The first-order valence-electron chi connectivity index (χ1n) is 10.8. The van der Waals surface area contributed by atoms with Gasteiger partial charge in [-0.25, -0.2) is 0 Å².